The van der Waals surface area contributed by atoms with E-state index in [-0.39, 0.29) is 12.2 Å². The van der Waals surface area contributed by atoms with Crippen molar-refractivity contribution in [3.05, 3.63) is 0 Å². The number of nitrogens with one attached hydrogen (secondary N) is 1. The van der Waals surface area contributed by atoms with Crippen molar-refractivity contribution in [2.75, 3.05) is 0 Å². The van der Waals surface area contributed by atoms with Crippen LogP contribution in [-0.4, -0.2) is 29.1 Å². The maximum Gasteiger partial charge on any atom is 0.240 e. The number of carbonyl (C=O) groups is 1. The van der Waals surface area contributed by atoms with Gasteiger partial charge in [0.25, 0.3) is 0 Å². The topological polar surface area (TPSA) is 32.3 Å². The van der Waals surface area contributed by atoms with Crippen LogP contribution in [0.5, 0.6) is 0 Å². The van der Waals surface area contributed by atoms with Gasteiger partial charge in [-0.3, -0.25) is 10.1 Å². The van der Waals surface area contributed by atoms with Gasteiger partial charge in [0, 0.05) is 6.04 Å². The summed E-state index contributed by atoms with van der Waals surface area (Å²) in [6.45, 7) is 4.10. The van der Waals surface area contributed by atoms with E-state index < -0.39 is 0 Å². The Balaban J connectivity index is 1.79. The van der Waals surface area contributed by atoms with Gasteiger partial charge in [0.2, 0.25) is 5.91 Å². The molecule has 0 radical (unpaired) electrons. The Morgan fingerprint density at radius 3 is 2.53 bits per heavy atom. The molecule has 0 aromatic carbocycles. The second-order valence-electron chi connectivity index (χ2n) is 5.55. The summed E-state index contributed by atoms with van der Waals surface area (Å²) in [7, 11) is 0. The highest BCUT2D eigenvalue weighted by Crippen LogP contribution is 2.47. The first-order chi connectivity index (χ1) is 7.16. The molecule has 1 saturated heterocycles. The molecule has 1 heterocycles. The molecular formula is C12H20N2O. The lowest BCUT2D eigenvalue weighted by atomic mass is 9.94. The fourth-order valence-electron chi connectivity index (χ4n) is 3.93. The molecule has 0 spiro atoms. The average Bonchev–Trinajstić information content (AvgIpc) is 2.83. The molecule has 5 atom stereocenters. The van der Waals surface area contributed by atoms with Crippen molar-refractivity contribution in [2.24, 2.45) is 11.8 Å². The molecule has 2 bridgehead atoms. The third-order valence-corrected chi connectivity index (χ3v) is 4.59. The Bertz CT molecular complexity index is 291. The summed E-state index contributed by atoms with van der Waals surface area (Å²) in [6, 6.07) is 0.572. The molecular weight excluding hydrogens is 188 g/mol. The van der Waals surface area contributed by atoms with Crippen molar-refractivity contribution in [2.45, 2.75) is 57.8 Å². The molecule has 1 N–H and O–H groups in total. The number of rotatable bonds is 1. The monoisotopic (exact) mass is 208 g/mol. The molecule has 5 unspecified atom stereocenters. The lowest BCUT2D eigenvalue weighted by Crippen LogP contribution is -2.45. The Morgan fingerprint density at radius 2 is 2.07 bits per heavy atom. The van der Waals surface area contributed by atoms with Crippen molar-refractivity contribution in [1.29, 1.82) is 0 Å². The first-order valence-electron chi connectivity index (χ1n) is 6.25. The molecule has 3 fully saturated rings. The summed E-state index contributed by atoms with van der Waals surface area (Å²) in [5, 5.41) is 3.33. The summed E-state index contributed by atoms with van der Waals surface area (Å²) in [4.78, 5) is 14.2. The molecule has 3 rings (SSSR count). The smallest absolute Gasteiger partial charge is 0.240 e. The predicted molar refractivity (Wildman–Crippen MR) is 58.1 cm³/mol. The van der Waals surface area contributed by atoms with Gasteiger partial charge in [-0.2, -0.15) is 0 Å². The number of nitrogens with zero attached hydrogens (tertiary/aromatic N) is 1. The fourth-order valence-corrected chi connectivity index (χ4v) is 3.93. The standard InChI is InChI=1S/C12H20N2O/c1-7-12(15)14(8(2)13-7)11-6-9-3-4-10(11)5-9/h7-11,13H,3-6H2,1-2H3. The number of fused-ring (bicyclic) bond motifs is 2. The zero-order valence-electron chi connectivity index (χ0n) is 9.57. The van der Waals surface area contributed by atoms with Gasteiger partial charge in [-0.15, -0.1) is 0 Å². The van der Waals surface area contributed by atoms with E-state index in [4.69, 9.17) is 0 Å². The molecule has 3 nitrogen and oxygen atoms in total. The van der Waals surface area contributed by atoms with E-state index in [1.54, 1.807) is 0 Å². The summed E-state index contributed by atoms with van der Waals surface area (Å²) in [6.07, 6.45) is 5.63. The van der Waals surface area contributed by atoms with E-state index in [1.165, 1.54) is 25.7 Å². The highest BCUT2D eigenvalue weighted by atomic mass is 16.2. The normalized spacial score (nSPS) is 49.3. The predicted octanol–water partition coefficient (Wildman–Crippen LogP) is 1.34. The SMILES string of the molecule is CC1NC(C)N(C2CC3CCC2C3)C1=O. The van der Waals surface area contributed by atoms with Crippen molar-refractivity contribution >= 4 is 5.91 Å². The number of amides is 1. The maximum absolute atomic E-state index is 12.0. The van der Waals surface area contributed by atoms with Crippen molar-refractivity contribution in [3.8, 4) is 0 Å². The molecule has 84 valence electrons. The fraction of sp³-hybridized carbons (Fsp3) is 0.917. The quantitative estimate of drug-likeness (QED) is 0.705. The van der Waals surface area contributed by atoms with Gasteiger partial charge < -0.3 is 4.90 Å². The van der Waals surface area contributed by atoms with Crippen LogP contribution in [0.25, 0.3) is 0 Å². The largest absolute Gasteiger partial charge is 0.323 e. The van der Waals surface area contributed by atoms with Crippen LogP contribution < -0.4 is 5.32 Å². The number of hydrogen-bond donors (Lipinski definition) is 1. The third-order valence-electron chi connectivity index (χ3n) is 4.59. The number of hydrogen-bond acceptors (Lipinski definition) is 2. The lowest BCUT2D eigenvalue weighted by molar-refractivity contribution is -0.132. The molecule has 3 aliphatic rings. The second kappa shape index (κ2) is 3.21. The molecule has 3 heteroatoms. The molecule has 1 aliphatic heterocycles. The van der Waals surface area contributed by atoms with Gasteiger partial charge in [-0.05, 0) is 44.9 Å². The Morgan fingerprint density at radius 1 is 1.27 bits per heavy atom. The van der Waals surface area contributed by atoms with Crippen LogP contribution in [0.2, 0.25) is 0 Å². The summed E-state index contributed by atoms with van der Waals surface area (Å²) < 4.78 is 0. The molecule has 2 saturated carbocycles. The second-order valence-corrected chi connectivity index (χ2v) is 5.55. The zero-order valence-corrected chi connectivity index (χ0v) is 9.57. The van der Waals surface area contributed by atoms with Crippen molar-refractivity contribution < 1.29 is 4.79 Å². The highest BCUT2D eigenvalue weighted by Gasteiger charge is 2.47. The highest BCUT2D eigenvalue weighted by molar-refractivity contribution is 5.84. The van der Waals surface area contributed by atoms with E-state index in [9.17, 15) is 4.79 Å². The minimum Gasteiger partial charge on any atom is -0.323 e. The molecule has 1 amide bonds. The van der Waals surface area contributed by atoms with Crippen LogP contribution >= 0.6 is 0 Å². The van der Waals surface area contributed by atoms with Crippen LogP contribution in [0, 0.1) is 11.8 Å². The van der Waals surface area contributed by atoms with E-state index in [1.807, 2.05) is 6.92 Å². The van der Waals surface area contributed by atoms with Crippen molar-refractivity contribution in [1.82, 2.24) is 10.2 Å². The van der Waals surface area contributed by atoms with Crippen LogP contribution in [0.4, 0.5) is 0 Å². The molecule has 15 heavy (non-hydrogen) atoms. The van der Waals surface area contributed by atoms with E-state index >= 15 is 0 Å². The van der Waals surface area contributed by atoms with E-state index in [2.05, 4.69) is 17.1 Å². The Hall–Kier alpha value is -0.570. The summed E-state index contributed by atoms with van der Waals surface area (Å²) in [5.41, 5.74) is 0. The van der Waals surface area contributed by atoms with Gasteiger partial charge in [0.15, 0.2) is 0 Å². The van der Waals surface area contributed by atoms with Gasteiger partial charge in [0.1, 0.15) is 0 Å². The minimum absolute atomic E-state index is 0.0270. The Labute approximate surface area is 91.2 Å². The molecule has 0 aromatic heterocycles. The summed E-state index contributed by atoms with van der Waals surface area (Å²) in [5.74, 6) is 2.03. The average molecular weight is 208 g/mol. The first kappa shape index (κ1) is 9.64. The lowest BCUT2D eigenvalue weighted by Gasteiger charge is -2.34. The molecule has 0 aromatic rings. The Kier molecular flexibility index (Phi) is 2.06. The van der Waals surface area contributed by atoms with Gasteiger partial charge in [0.05, 0.1) is 12.2 Å². The zero-order chi connectivity index (χ0) is 10.6. The minimum atomic E-state index is 0.0270. The first-order valence-corrected chi connectivity index (χ1v) is 6.25. The summed E-state index contributed by atoms with van der Waals surface area (Å²) >= 11 is 0. The molecule has 2 aliphatic carbocycles. The van der Waals surface area contributed by atoms with Crippen molar-refractivity contribution in [3.63, 3.8) is 0 Å². The van der Waals surface area contributed by atoms with E-state index in [0.29, 0.717) is 11.9 Å². The van der Waals surface area contributed by atoms with Crippen LogP contribution in [0.1, 0.15) is 39.5 Å². The van der Waals surface area contributed by atoms with Crippen LogP contribution in [0.3, 0.4) is 0 Å². The van der Waals surface area contributed by atoms with Gasteiger partial charge in [-0.25, -0.2) is 0 Å². The number of carbonyl (C=O) groups excluding carboxylic acids is 1. The maximum atomic E-state index is 12.0. The van der Waals surface area contributed by atoms with Gasteiger partial charge >= 0.3 is 0 Å². The third kappa shape index (κ3) is 1.32. The van der Waals surface area contributed by atoms with Crippen LogP contribution in [-0.2, 0) is 4.79 Å². The van der Waals surface area contributed by atoms with Gasteiger partial charge in [-0.1, -0.05) is 6.42 Å². The van der Waals surface area contributed by atoms with E-state index in [0.717, 1.165) is 11.8 Å². The van der Waals surface area contributed by atoms with Crippen LogP contribution in [0.15, 0.2) is 0 Å².